The summed E-state index contributed by atoms with van der Waals surface area (Å²) in [5, 5.41) is 0. The van der Waals surface area contributed by atoms with Gasteiger partial charge in [0.25, 0.3) is 0 Å². The van der Waals surface area contributed by atoms with Gasteiger partial charge in [0.15, 0.2) is 0 Å². The molecule has 3 atom stereocenters. The Kier molecular flexibility index (Phi) is 6.25. The Labute approximate surface area is 78.6 Å². The summed E-state index contributed by atoms with van der Waals surface area (Å²) < 4.78 is 5.03. The predicted octanol–water partition coefficient (Wildman–Crippen LogP) is 3.08. The molecule has 0 saturated heterocycles. The van der Waals surface area contributed by atoms with Crippen molar-refractivity contribution in [3.05, 3.63) is 0 Å². The number of hydrogen-bond acceptors (Lipinski definition) is 1. The molecule has 0 aliphatic heterocycles. The topological polar surface area (TPSA) is 9.23 Å². The van der Waals surface area contributed by atoms with Gasteiger partial charge in [-0.2, -0.15) is 0 Å². The minimum absolute atomic E-state index is 0.606. The third kappa shape index (κ3) is 4.81. The third-order valence-corrected chi connectivity index (χ3v) is 3.23. The largest absolute Gasteiger partial charge is 0.385 e. The Morgan fingerprint density at radius 1 is 1.27 bits per heavy atom. The van der Waals surface area contributed by atoms with Crippen molar-refractivity contribution in [2.24, 2.45) is 11.8 Å². The summed E-state index contributed by atoms with van der Waals surface area (Å²) in [5.41, 5.74) is 0. The van der Waals surface area contributed by atoms with Gasteiger partial charge >= 0.3 is 0 Å². The van der Waals surface area contributed by atoms with Gasteiger partial charge in [0.05, 0.1) is 0 Å². The van der Waals surface area contributed by atoms with Gasteiger partial charge < -0.3 is 4.74 Å². The van der Waals surface area contributed by atoms with Crippen LogP contribution < -0.4 is 0 Å². The van der Waals surface area contributed by atoms with Crippen LogP contribution in [0.3, 0.4) is 0 Å². The summed E-state index contributed by atoms with van der Waals surface area (Å²) in [7, 11) is 1.76. The van der Waals surface area contributed by atoms with Crippen LogP contribution in [0.15, 0.2) is 0 Å². The van der Waals surface area contributed by atoms with Gasteiger partial charge in [0.2, 0.25) is 0 Å². The maximum atomic E-state index is 5.03. The first kappa shape index (κ1) is 11.4. The van der Waals surface area contributed by atoms with E-state index in [0.29, 0.717) is 4.83 Å². The van der Waals surface area contributed by atoms with E-state index in [1.807, 2.05) is 0 Å². The Hall–Kier alpha value is 0.440. The molecule has 2 heteroatoms. The molecule has 0 saturated carbocycles. The lowest BCUT2D eigenvalue weighted by molar-refractivity contribution is 0.168. The number of ether oxygens (including phenoxy) is 1. The fourth-order valence-corrected chi connectivity index (χ4v) is 1.54. The third-order valence-electron chi connectivity index (χ3n) is 2.40. The Balaban J connectivity index is 3.55. The molecule has 0 aromatic carbocycles. The maximum absolute atomic E-state index is 5.03. The highest BCUT2D eigenvalue weighted by molar-refractivity contribution is 9.09. The Bertz CT molecular complexity index is 93.6. The van der Waals surface area contributed by atoms with Crippen LogP contribution in [0.2, 0.25) is 0 Å². The number of halogens is 1. The van der Waals surface area contributed by atoms with Gasteiger partial charge in [0, 0.05) is 18.5 Å². The first-order valence-corrected chi connectivity index (χ1v) is 5.14. The predicted molar refractivity (Wildman–Crippen MR) is 53.2 cm³/mol. The van der Waals surface area contributed by atoms with E-state index < -0.39 is 0 Å². The smallest absolute Gasteiger partial charge is 0.0464 e. The van der Waals surface area contributed by atoms with E-state index in [1.165, 1.54) is 0 Å². The summed E-state index contributed by atoms with van der Waals surface area (Å²) in [5.74, 6) is 1.47. The van der Waals surface area contributed by atoms with Crippen LogP contribution in [0, 0.1) is 11.8 Å². The Morgan fingerprint density at radius 2 is 1.82 bits per heavy atom. The van der Waals surface area contributed by atoms with E-state index >= 15 is 0 Å². The van der Waals surface area contributed by atoms with E-state index in [9.17, 15) is 0 Å². The van der Waals surface area contributed by atoms with Gasteiger partial charge in [-0.05, 0) is 18.3 Å². The number of methoxy groups -OCH3 is 1. The number of alkyl halides is 1. The quantitative estimate of drug-likeness (QED) is 0.651. The first-order valence-electron chi connectivity index (χ1n) is 4.22. The molecule has 0 fully saturated rings. The molecule has 0 heterocycles. The molecular formula is C9H19BrO. The van der Waals surface area contributed by atoms with Crippen molar-refractivity contribution in [3.63, 3.8) is 0 Å². The summed E-state index contributed by atoms with van der Waals surface area (Å²) in [6.45, 7) is 7.64. The average molecular weight is 223 g/mol. The highest BCUT2D eigenvalue weighted by atomic mass is 79.9. The van der Waals surface area contributed by atoms with Crippen LogP contribution in [0.25, 0.3) is 0 Å². The van der Waals surface area contributed by atoms with Gasteiger partial charge in [-0.3, -0.25) is 0 Å². The van der Waals surface area contributed by atoms with E-state index in [1.54, 1.807) is 7.11 Å². The molecule has 0 bridgehead atoms. The van der Waals surface area contributed by atoms with E-state index in [4.69, 9.17) is 4.74 Å². The van der Waals surface area contributed by atoms with Crippen molar-refractivity contribution in [1.29, 1.82) is 0 Å². The maximum Gasteiger partial charge on any atom is 0.0464 e. The molecule has 0 amide bonds. The highest BCUT2D eigenvalue weighted by Gasteiger charge is 2.15. The van der Waals surface area contributed by atoms with E-state index in [2.05, 4.69) is 36.7 Å². The second kappa shape index (κ2) is 6.01. The number of hydrogen-bond donors (Lipinski definition) is 0. The van der Waals surface area contributed by atoms with Crippen molar-refractivity contribution < 1.29 is 4.74 Å². The van der Waals surface area contributed by atoms with Crippen LogP contribution in [0.4, 0.5) is 0 Å². The van der Waals surface area contributed by atoms with Crippen LogP contribution in [0.5, 0.6) is 0 Å². The molecule has 0 aromatic rings. The molecule has 0 aliphatic carbocycles. The SMILES string of the molecule is COCCC(C)C(C)C(C)Br. The van der Waals surface area contributed by atoms with E-state index in [-0.39, 0.29) is 0 Å². The minimum atomic E-state index is 0.606. The van der Waals surface area contributed by atoms with Crippen LogP contribution >= 0.6 is 15.9 Å². The van der Waals surface area contributed by atoms with Gasteiger partial charge in [-0.1, -0.05) is 36.7 Å². The lowest BCUT2D eigenvalue weighted by atomic mass is 9.91. The molecular weight excluding hydrogens is 204 g/mol. The normalized spacial score (nSPS) is 19.4. The van der Waals surface area contributed by atoms with Gasteiger partial charge in [-0.15, -0.1) is 0 Å². The second-order valence-electron chi connectivity index (χ2n) is 3.30. The standard InChI is InChI=1S/C9H19BrO/c1-7(5-6-11-4)8(2)9(3)10/h7-9H,5-6H2,1-4H3. The lowest BCUT2D eigenvalue weighted by Crippen LogP contribution is -2.17. The minimum Gasteiger partial charge on any atom is -0.385 e. The summed E-state index contributed by atoms with van der Waals surface area (Å²) in [6, 6.07) is 0. The zero-order valence-electron chi connectivity index (χ0n) is 7.93. The second-order valence-corrected chi connectivity index (χ2v) is 4.74. The fourth-order valence-electron chi connectivity index (χ4n) is 1.02. The molecule has 0 spiro atoms. The molecule has 68 valence electrons. The van der Waals surface area contributed by atoms with Crippen LogP contribution in [0.1, 0.15) is 27.2 Å². The Morgan fingerprint density at radius 3 is 2.18 bits per heavy atom. The van der Waals surface area contributed by atoms with E-state index in [0.717, 1.165) is 24.9 Å². The first-order chi connectivity index (χ1) is 5.09. The van der Waals surface area contributed by atoms with Crippen molar-refractivity contribution in [2.45, 2.75) is 32.0 Å². The van der Waals surface area contributed by atoms with Gasteiger partial charge in [0.1, 0.15) is 0 Å². The zero-order valence-corrected chi connectivity index (χ0v) is 9.52. The molecule has 11 heavy (non-hydrogen) atoms. The fraction of sp³-hybridized carbons (Fsp3) is 1.00. The summed E-state index contributed by atoms with van der Waals surface area (Å²) in [6.07, 6.45) is 1.16. The zero-order chi connectivity index (χ0) is 8.85. The van der Waals surface area contributed by atoms with Gasteiger partial charge in [-0.25, -0.2) is 0 Å². The summed E-state index contributed by atoms with van der Waals surface area (Å²) >= 11 is 3.59. The monoisotopic (exact) mass is 222 g/mol. The van der Waals surface area contributed by atoms with Crippen molar-refractivity contribution in [2.75, 3.05) is 13.7 Å². The lowest BCUT2D eigenvalue weighted by Gasteiger charge is -2.21. The van der Waals surface area contributed by atoms with Crippen LogP contribution in [-0.2, 0) is 4.74 Å². The number of rotatable bonds is 5. The summed E-state index contributed by atoms with van der Waals surface area (Å²) in [4.78, 5) is 0.606. The molecule has 3 unspecified atom stereocenters. The molecule has 0 radical (unpaired) electrons. The van der Waals surface area contributed by atoms with Crippen molar-refractivity contribution in [1.82, 2.24) is 0 Å². The molecule has 0 aromatic heterocycles. The highest BCUT2D eigenvalue weighted by Crippen LogP contribution is 2.23. The van der Waals surface area contributed by atoms with Crippen molar-refractivity contribution >= 4 is 15.9 Å². The molecule has 1 nitrogen and oxygen atoms in total. The van der Waals surface area contributed by atoms with Crippen molar-refractivity contribution in [3.8, 4) is 0 Å². The molecule has 0 aliphatic rings. The average Bonchev–Trinajstić information content (AvgIpc) is 1.98. The van der Waals surface area contributed by atoms with Crippen LogP contribution in [-0.4, -0.2) is 18.5 Å². The molecule has 0 N–H and O–H groups in total. The molecule has 0 rings (SSSR count).